The zero-order valence-electron chi connectivity index (χ0n) is 6.60. The zero-order valence-corrected chi connectivity index (χ0v) is 7.42. The SMILES string of the molecule is Cl.NCC1CC(CC(F)(F)F)C1. The van der Waals surface area contributed by atoms with Crippen molar-refractivity contribution in [3.8, 4) is 0 Å². The van der Waals surface area contributed by atoms with E-state index in [2.05, 4.69) is 0 Å². The fraction of sp³-hybridized carbons (Fsp3) is 1.00. The molecule has 0 unspecified atom stereocenters. The number of hydrogen-bond acceptors (Lipinski definition) is 1. The molecule has 12 heavy (non-hydrogen) atoms. The van der Waals surface area contributed by atoms with Gasteiger partial charge in [-0.25, -0.2) is 0 Å². The first-order valence-electron chi connectivity index (χ1n) is 3.78. The van der Waals surface area contributed by atoms with E-state index in [1.807, 2.05) is 0 Å². The van der Waals surface area contributed by atoms with Crippen LogP contribution in [-0.4, -0.2) is 12.7 Å². The van der Waals surface area contributed by atoms with Crippen LogP contribution in [0.5, 0.6) is 0 Å². The average molecular weight is 204 g/mol. The lowest BCUT2D eigenvalue weighted by molar-refractivity contribution is -0.153. The molecule has 0 heterocycles. The second kappa shape index (κ2) is 4.33. The molecule has 0 bridgehead atoms. The van der Waals surface area contributed by atoms with Crippen LogP contribution in [0.25, 0.3) is 0 Å². The van der Waals surface area contributed by atoms with Crippen molar-refractivity contribution in [3.05, 3.63) is 0 Å². The number of hydrogen-bond donors (Lipinski definition) is 1. The summed E-state index contributed by atoms with van der Waals surface area (Å²) < 4.78 is 35.2. The summed E-state index contributed by atoms with van der Waals surface area (Å²) in [6, 6.07) is 0. The minimum absolute atomic E-state index is 0. The molecule has 1 nitrogen and oxygen atoms in total. The normalized spacial score (nSPS) is 29.0. The van der Waals surface area contributed by atoms with Gasteiger partial charge in [0.05, 0.1) is 0 Å². The van der Waals surface area contributed by atoms with Crippen LogP contribution < -0.4 is 5.73 Å². The molecule has 0 aromatic rings. The fourth-order valence-corrected chi connectivity index (χ4v) is 1.56. The third-order valence-corrected chi connectivity index (χ3v) is 2.19. The highest BCUT2D eigenvalue weighted by atomic mass is 35.5. The second-order valence-electron chi connectivity index (χ2n) is 3.26. The van der Waals surface area contributed by atoms with Gasteiger partial charge in [-0.15, -0.1) is 12.4 Å². The van der Waals surface area contributed by atoms with Crippen LogP contribution in [0.15, 0.2) is 0 Å². The van der Waals surface area contributed by atoms with Crippen molar-refractivity contribution >= 4 is 12.4 Å². The largest absolute Gasteiger partial charge is 0.389 e. The van der Waals surface area contributed by atoms with Gasteiger partial charge in [0, 0.05) is 6.42 Å². The van der Waals surface area contributed by atoms with Gasteiger partial charge < -0.3 is 5.73 Å². The van der Waals surface area contributed by atoms with Crippen LogP contribution in [0.4, 0.5) is 13.2 Å². The van der Waals surface area contributed by atoms with Crippen LogP contribution in [0.2, 0.25) is 0 Å². The Morgan fingerprint density at radius 1 is 1.17 bits per heavy atom. The molecule has 2 N–H and O–H groups in total. The molecule has 0 spiro atoms. The Kier molecular flexibility index (Phi) is 4.34. The number of nitrogens with two attached hydrogens (primary N) is 1. The highest BCUT2D eigenvalue weighted by molar-refractivity contribution is 5.85. The van der Waals surface area contributed by atoms with E-state index >= 15 is 0 Å². The molecule has 1 saturated carbocycles. The molecule has 0 aromatic carbocycles. The molecule has 74 valence electrons. The molecule has 1 fully saturated rings. The van der Waals surface area contributed by atoms with E-state index in [1.165, 1.54) is 0 Å². The Morgan fingerprint density at radius 2 is 1.67 bits per heavy atom. The lowest BCUT2D eigenvalue weighted by Gasteiger charge is -2.34. The predicted octanol–water partition coefficient (Wildman–Crippen LogP) is 2.35. The van der Waals surface area contributed by atoms with E-state index in [-0.39, 0.29) is 18.3 Å². The summed E-state index contributed by atoms with van der Waals surface area (Å²) in [5, 5.41) is 0. The summed E-state index contributed by atoms with van der Waals surface area (Å²) in [4.78, 5) is 0. The van der Waals surface area contributed by atoms with Gasteiger partial charge in [0.1, 0.15) is 0 Å². The van der Waals surface area contributed by atoms with Crippen molar-refractivity contribution in [1.82, 2.24) is 0 Å². The smallest absolute Gasteiger partial charge is 0.330 e. The topological polar surface area (TPSA) is 26.0 Å². The van der Waals surface area contributed by atoms with Crippen molar-refractivity contribution in [1.29, 1.82) is 0 Å². The standard InChI is InChI=1S/C7H12F3N.ClH/c8-7(9,10)3-5-1-6(2-5)4-11;/h5-6H,1-4,11H2;1H. The Hall–Kier alpha value is 0.0400. The molecule has 1 aliphatic rings. The van der Waals surface area contributed by atoms with Crippen LogP contribution in [0.1, 0.15) is 19.3 Å². The van der Waals surface area contributed by atoms with Crippen molar-refractivity contribution < 1.29 is 13.2 Å². The van der Waals surface area contributed by atoms with E-state index in [9.17, 15) is 13.2 Å². The molecule has 0 aromatic heterocycles. The fourth-order valence-electron chi connectivity index (χ4n) is 1.56. The van der Waals surface area contributed by atoms with Crippen LogP contribution >= 0.6 is 12.4 Å². The van der Waals surface area contributed by atoms with Crippen molar-refractivity contribution in [2.75, 3.05) is 6.54 Å². The number of alkyl halides is 3. The lowest BCUT2D eigenvalue weighted by Crippen LogP contribution is -2.32. The van der Waals surface area contributed by atoms with Crippen LogP contribution in [0, 0.1) is 11.8 Å². The van der Waals surface area contributed by atoms with Gasteiger partial charge in [0.15, 0.2) is 0 Å². The Labute approximate surface area is 75.9 Å². The van der Waals surface area contributed by atoms with E-state index in [1.54, 1.807) is 0 Å². The van der Waals surface area contributed by atoms with Crippen molar-refractivity contribution in [2.24, 2.45) is 17.6 Å². The lowest BCUT2D eigenvalue weighted by atomic mass is 9.73. The molecule has 1 aliphatic carbocycles. The molecule has 0 radical (unpaired) electrons. The summed E-state index contributed by atoms with van der Waals surface area (Å²) >= 11 is 0. The summed E-state index contributed by atoms with van der Waals surface area (Å²) in [7, 11) is 0. The molecule has 0 amide bonds. The second-order valence-corrected chi connectivity index (χ2v) is 3.26. The van der Waals surface area contributed by atoms with Gasteiger partial charge in [0.2, 0.25) is 0 Å². The van der Waals surface area contributed by atoms with E-state index in [0.717, 1.165) is 0 Å². The molecule has 1 rings (SSSR count). The molecular formula is C7H13ClF3N. The first-order valence-corrected chi connectivity index (χ1v) is 3.78. The molecule has 0 aliphatic heterocycles. The summed E-state index contributed by atoms with van der Waals surface area (Å²) in [5.41, 5.74) is 5.28. The zero-order chi connectivity index (χ0) is 8.48. The molecule has 5 heteroatoms. The Morgan fingerprint density at radius 3 is 2.00 bits per heavy atom. The minimum atomic E-state index is -3.98. The highest BCUT2D eigenvalue weighted by Gasteiger charge is 2.38. The molecule has 0 atom stereocenters. The van der Waals surface area contributed by atoms with Crippen molar-refractivity contribution in [2.45, 2.75) is 25.4 Å². The highest BCUT2D eigenvalue weighted by Crippen LogP contribution is 2.40. The minimum Gasteiger partial charge on any atom is -0.330 e. The number of halogens is 4. The Bertz CT molecular complexity index is 131. The maximum absolute atomic E-state index is 11.7. The maximum Gasteiger partial charge on any atom is 0.389 e. The maximum atomic E-state index is 11.7. The van der Waals surface area contributed by atoms with Crippen LogP contribution in [0.3, 0.4) is 0 Å². The quantitative estimate of drug-likeness (QED) is 0.733. The molecule has 0 saturated heterocycles. The third kappa shape index (κ3) is 3.63. The monoisotopic (exact) mass is 203 g/mol. The van der Waals surface area contributed by atoms with E-state index < -0.39 is 12.6 Å². The summed E-state index contributed by atoms with van der Waals surface area (Å²) in [5.74, 6) is 0.200. The summed E-state index contributed by atoms with van der Waals surface area (Å²) in [6.07, 6.45) is -3.28. The van der Waals surface area contributed by atoms with E-state index in [0.29, 0.717) is 25.3 Å². The molecular weight excluding hydrogens is 191 g/mol. The average Bonchev–Trinajstić information content (AvgIpc) is 1.75. The predicted molar refractivity (Wildman–Crippen MR) is 43.2 cm³/mol. The Balaban J connectivity index is 0.00000121. The van der Waals surface area contributed by atoms with Gasteiger partial charge in [-0.05, 0) is 31.2 Å². The van der Waals surface area contributed by atoms with Gasteiger partial charge in [-0.3, -0.25) is 0 Å². The summed E-state index contributed by atoms with van der Waals surface area (Å²) in [6.45, 7) is 0.536. The van der Waals surface area contributed by atoms with Gasteiger partial charge in [-0.2, -0.15) is 13.2 Å². The van der Waals surface area contributed by atoms with Crippen molar-refractivity contribution in [3.63, 3.8) is 0 Å². The van der Waals surface area contributed by atoms with Gasteiger partial charge >= 0.3 is 6.18 Å². The number of rotatable bonds is 2. The van der Waals surface area contributed by atoms with Gasteiger partial charge in [0.25, 0.3) is 0 Å². The first kappa shape index (κ1) is 12.0. The third-order valence-electron chi connectivity index (χ3n) is 2.19. The van der Waals surface area contributed by atoms with E-state index in [4.69, 9.17) is 5.73 Å². The van der Waals surface area contributed by atoms with Gasteiger partial charge in [-0.1, -0.05) is 0 Å². The van der Waals surface area contributed by atoms with Crippen LogP contribution in [-0.2, 0) is 0 Å². The first-order chi connectivity index (χ1) is 5.01.